The Kier molecular flexibility index (Phi) is 3.87. The molecular weight excluding hydrogens is 305 g/mol. The minimum atomic E-state index is -0.801. The van der Waals surface area contributed by atoms with Crippen LogP contribution >= 0.6 is 11.3 Å². The van der Waals surface area contributed by atoms with Gasteiger partial charge >= 0.3 is 5.97 Å². The fourth-order valence-electron chi connectivity index (χ4n) is 3.00. The minimum absolute atomic E-state index is 0.102. The van der Waals surface area contributed by atoms with E-state index < -0.39 is 5.97 Å². The fourth-order valence-corrected chi connectivity index (χ4v) is 4.09. The number of nitrogens with one attached hydrogen (secondary N) is 1. The molecule has 1 aromatic carbocycles. The Hall–Kier alpha value is -1.95. The van der Waals surface area contributed by atoms with Crippen LogP contribution in [0, 0.1) is 18.7 Å². The molecule has 4 nitrogen and oxygen atoms in total. The van der Waals surface area contributed by atoms with Gasteiger partial charge in [0.15, 0.2) is 0 Å². The lowest BCUT2D eigenvalue weighted by Gasteiger charge is -2.12. The first kappa shape index (κ1) is 15.0. The summed E-state index contributed by atoms with van der Waals surface area (Å²) < 4.78 is 14.2. The highest BCUT2D eigenvalue weighted by Crippen LogP contribution is 2.32. The molecule has 116 valence electrons. The maximum Gasteiger partial charge on any atom is 0.306 e. The number of carboxylic acids is 1. The molecule has 1 aliphatic carbocycles. The molecule has 1 aliphatic rings. The van der Waals surface area contributed by atoms with Gasteiger partial charge in [-0.3, -0.25) is 9.59 Å². The van der Waals surface area contributed by atoms with Crippen molar-refractivity contribution < 1.29 is 19.1 Å². The number of thiophene rings is 1. The minimum Gasteiger partial charge on any atom is -0.481 e. The van der Waals surface area contributed by atoms with Crippen LogP contribution in [0.3, 0.4) is 0 Å². The number of benzene rings is 1. The van der Waals surface area contributed by atoms with E-state index in [4.69, 9.17) is 5.11 Å². The van der Waals surface area contributed by atoms with Gasteiger partial charge in [-0.05, 0) is 55.3 Å². The van der Waals surface area contributed by atoms with Gasteiger partial charge in [-0.1, -0.05) is 0 Å². The molecule has 2 N–H and O–H groups in total. The molecule has 1 heterocycles. The van der Waals surface area contributed by atoms with E-state index in [1.54, 1.807) is 6.07 Å². The number of carbonyl (C=O) groups is 2. The molecular formula is C16H16FNO3S. The van der Waals surface area contributed by atoms with Crippen LogP contribution < -0.4 is 5.32 Å². The Morgan fingerprint density at radius 3 is 2.82 bits per heavy atom. The smallest absolute Gasteiger partial charge is 0.306 e. The third-order valence-electron chi connectivity index (χ3n) is 4.22. The van der Waals surface area contributed by atoms with Crippen molar-refractivity contribution in [3.8, 4) is 0 Å². The number of carboxylic acid groups (broad SMARTS) is 1. The zero-order chi connectivity index (χ0) is 15.9. The van der Waals surface area contributed by atoms with E-state index in [-0.39, 0.29) is 23.7 Å². The standard InChI is InChI=1S/C16H16FNO3S/c1-8-12-7-10(17)3-5-13(12)22-14(8)15(19)18-11-4-2-9(6-11)16(20)21/h3,5,7,9,11H,2,4,6H2,1H3,(H,18,19)(H,20,21)/t9-,11+/m0/s1. The topological polar surface area (TPSA) is 66.4 Å². The summed E-state index contributed by atoms with van der Waals surface area (Å²) in [6, 6.07) is 4.40. The van der Waals surface area contributed by atoms with E-state index in [0.717, 1.165) is 15.6 Å². The normalized spacial score (nSPS) is 21.2. The van der Waals surface area contributed by atoms with Gasteiger partial charge in [0.1, 0.15) is 5.82 Å². The van der Waals surface area contributed by atoms with Crippen molar-refractivity contribution in [1.29, 1.82) is 0 Å². The van der Waals surface area contributed by atoms with Gasteiger partial charge in [0.25, 0.3) is 5.91 Å². The maximum atomic E-state index is 13.3. The number of fused-ring (bicyclic) bond motifs is 1. The highest BCUT2D eigenvalue weighted by atomic mass is 32.1. The van der Waals surface area contributed by atoms with Gasteiger partial charge in [-0.25, -0.2) is 4.39 Å². The summed E-state index contributed by atoms with van der Waals surface area (Å²) >= 11 is 1.34. The second kappa shape index (κ2) is 5.68. The molecule has 1 amide bonds. The van der Waals surface area contributed by atoms with Gasteiger partial charge in [-0.2, -0.15) is 0 Å². The van der Waals surface area contributed by atoms with Gasteiger partial charge in [0.05, 0.1) is 10.8 Å². The molecule has 0 saturated heterocycles. The Bertz CT molecular complexity index is 755. The lowest BCUT2D eigenvalue weighted by molar-refractivity contribution is -0.141. The van der Waals surface area contributed by atoms with E-state index in [0.29, 0.717) is 24.1 Å². The van der Waals surface area contributed by atoms with Crippen molar-refractivity contribution in [2.45, 2.75) is 32.2 Å². The number of amides is 1. The van der Waals surface area contributed by atoms with Crippen LogP contribution in [-0.4, -0.2) is 23.0 Å². The molecule has 0 unspecified atom stereocenters. The summed E-state index contributed by atoms with van der Waals surface area (Å²) in [4.78, 5) is 23.9. The Balaban J connectivity index is 1.78. The second-order valence-corrected chi connectivity index (χ2v) is 6.77. The van der Waals surface area contributed by atoms with E-state index in [1.807, 2.05) is 6.92 Å². The van der Waals surface area contributed by atoms with Crippen molar-refractivity contribution in [2.75, 3.05) is 0 Å². The average Bonchev–Trinajstić information content (AvgIpc) is 3.05. The second-order valence-electron chi connectivity index (χ2n) is 5.72. The first-order valence-corrected chi connectivity index (χ1v) is 7.99. The largest absolute Gasteiger partial charge is 0.481 e. The third kappa shape index (κ3) is 2.70. The fraction of sp³-hybridized carbons (Fsp3) is 0.375. The Morgan fingerprint density at radius 1 is 1.36 bits per heavy atom. The van der Waals surface area contributed by atoms with Crippen LogP contribution in [0.15, 0.2) is 18.2 Å². The third-order valence-corrected chi connectivity index (χ3v) is 5.49. The summed E-state index contributed by atoms with van der Waals surface area (Å²) in [6.45, 7) is 1.81. The summed E-state index contributed by atoms with van der Waals surface area (Å²) in [5.41, 5.74) is 0.768. The SMILES string of the molecule is Cc1c(C(=O)N[C@@H]2CC[C@H](C(=O)O)C2)sc2ccc(F)cc12. The number of aliphatic carboxylic acids is 1. The molecule has 0 bridgehead atoms. The van der Waals surface area contributed by atoms with Crippen LogP contribution in [0.5, 0.6) is 0 Å². The van der Waals surface area contributed by atoms with Crippen LogP contribution in [0.4, 0.5) is 4.39 Å². The predicted molar refractivity (Wildman–Crippen MR) is 82.8 cm³/mol. The first-order valence-electron chi connectivity index (χ1n) is 7.18. The van der Waals surface area contributed by atoms with Gasteiger partial charge in [-0.15, -0.1) is 11.3 Å². The highest BCUT2D eigenvalue weighted by Gasteiger charge is 2.31. The molecule has 2 aromatic rings. The van der Waals surface area contributed by atoms with Crippen molar-refractivity contribution in [3.63, 3.8) is 0 Å². The zero-order valence-corrected chi connectivity index (χ0v) is 12.9. The van der Waals surface area contributed by atoms with Crippen LogP contribution in [-0.2, 0) is 4.79 Å². The number of aryl methyl sites for hydroxylation is 1. The molecule has 2 atom stereocenters. The maximum absolute atomic E-state index is 13.3. The quantitative estimate of drug-likeness (QED) is 0.911. The van der Waals surface area contributed by atoms with Crippen molar-refractivity contribution in [2.24, 2.45) is 5.92 Å². The van der Waals surface area contributed by atoms with Crippen molar-refractivity contribution >= 4 is 33.3 Å². The number of hydrogen-bond donors (Lipinski definition) is 2. The molecule has 0 aliphatic heterocycles. The number of rotatable bonds is 3. The molecule has 3 rings (SSSR count). The molecule has 0 radical (unpaired) electrons. The molecule has 22 heavy (non-hydrogen) atoms. The van der Waals surface area contributed by atoms with Crippen LogP contribution in [0.2, 0.25) is 0 Å². The van der Waals surface area contributed by atoms with Gasteiger partial charge < -0.3 is 10.4 Å². The summed E-state index contributed by atoms with van der Waals surface area (Å²) in [6.07, 6.45) is 1.75. The molecule has 1 saturated carbocycles. The molecule has 0 spiro atoms. The average molecular weight is 321 g/mol. The number of halogens is 1. The zero-order valence-electron chi connectivity index (χ0n) is 12.1. The number of hydrogen-bond acceptors (Lipinski definition) is 3. The predicted octanol–water partition coefficient (Wildman–Crippen LogP) is 3.33. The van der Waals surface area contributed by atoms with Gasteiger partial charge in [0.2, 0.25) is 0 Å². The van der Waals surface area contributed by atoms with E-state index >= 15 is 0 Å². The van der Waals surface area contributed by atoms with Crippen LogP contribution in [0.1, 0.15) is 34.5 Å². The Labute approximate surface area is 130 Å². The summed E-state index contributed by atoms with van der Waals surface area (Å²) in [7, 11) is 0. The highest BCUT2D eigenvalue weighted by molar-refractivity contribution is 7.21. The lowest BCUT2D eigenvalue weighted by atomic mass is 10.1. The molecule has 1 fully saturated rings. The monoisotopic (exact) mass is 321 g/mol. The van der Waals surface area contributed by atoms with Crippen LogP contribution in [0.25, 0.3) is 10.1 Å². The van der Waals surface area contributed by atoms with Gasteiger partial charge in [0, 0.05) is 10.7 Å². The summed E-state index contributed by atoms with van der Waals surface area (Å²) in [5, 5.41) is 12.7. The van der Waals surface area contributed by atoms with E-state index in [1.165, 1.54) is 23.5 Å². The van der Waals surface area contributed by atoms with E-state index in [9.17, 15) is 14.0 Å². The van der Waals surface area contributed by atoms with Crippen molar-refractivity contribution in [3.05, 3.63) is 34.5 Å². The van der Waals surface area contributed by atoms with Crippen molar-refractivity contribution in [1.82, 2.24) is 5.32 Å². The molecule has 6 heteroatoms. The summed E-state index contributed by atoms with van der Waals surface area (Å²) in [5.74, 6) is -1.69. The number of carbonyl (C=O) groups excluding carboxylic acids is 1. The first-order chi connectivity index (χ1) is 10.5. The molecule has 1 aromatic heterocycles. The van der Waals surface area contributed by atoms with E-state index in [2.05, 4.69) is 5.32 Å². The lowest BCUT2D eigenvalue weighted by Crippen LogP contribution is -2.33. The Morgan fingerprint density at radius 2 is 2.14 bits per heavy atom.